The van der Waals surface area contributed by atoms with Crippen molar-refractivity contribution in [3.8, 4) is 0 Å². The molecule has 1 amide bonds. The van der Waals surface area contributed by atoms with Gasteiger partial charge in [-0.2, -0.15) is 0 Å². The number of hydrogen-bond acceptors (Lipinski definition) is 6. The van der Waals surface area contributed by atoms with E-state index in [1.807, 2.05) is 0 Å². The molecule has 4 rings (SSSR count). The Bertz CT molecular complexity index is 728. The van der Waals surface area contributed by atoms with Crippen LogP contribution in [0.4, 0.5) is 5.95 Å². The smallest absolute Gasteiger partial charge is 0.257 e. The van der Waals surface area contributed by atoms with E-state index >= 15 is 0 Å². The molecular weight excluding hydrogens is 304 g/mol. The molecule has 8 heteroatoms. The lowest BCUT2D eigenvalue weighted by molar-refractivity contribution is 0.0721. The second-order valence-electron chi connectivity index (χ2n) is 6.21. The topological polar surface area (TPSA) is 83.5 Å². The number of anilines is 1. The fourth-order valence-corrected chi connectivity index (χ4v) is 5.21. The van der Waals surface area contributed by atoms with Crippen LogP contribution in [-0.4, -0.2) is 59.8 Å². The highest BCUT2D eigenvalue weighted by Crippen LogP contribution is 2.29. The third-order valence-corrected chi connectivity index (χ3v) is 6.45. The fourth-order valence-electron chi connectivity index (χ4n) is 3.48. The fraction of sp³-hybridized carbons (Fsp3) is 0.643. The van der Waals surface area contributed by atoms with Crippen molar-refractivity contribution in [2.45, 2.75) is 31.8 Å². The molecule has 7 nitrogen and oxygen atoms in total. The van der Waals surface area contributed by atoms with Gasteiger partial charge < -0.3 is 9.80 Å². The Morgan fingerprint density at radius 1 is 1.23 bits per heavy atom. The molecule has 118 valence electrons. The number of nitrogens with zero attached hydrogens (tertiary/aromatic N) is 4. The average Bonchev–Trinajstić information content (AvgIpc) is 3.18. The maximum Gasteiger partial charge on any atom is 0.257 e. The van der Waals surface area contributed by atoms with Crippen LogP contribution in [0.1, 0.15) is 35.3 Å². The Labute approximate surface area is 129 Å². The van der Waals surface area contributed by atoms with Crippen molar-refractivity contribution in [3.05, 3.63) is 17.5 Å². The average molecular weight is 322 g/mol. The molecule has 1 atom stereocenters. The molecule has 2 fully saturated rings. The van der Waals surface area contributed by atoms with Crippen molar-refractivity contribution < 1.29 is 13.2 Å². The lowest BCUT2D eigenvalue weighted by atomic mass is 10.2. The second-order valence-corrected chi connectivity index (χ2v) is 8.44. The predicted molar refractivity (Wildman–Crippen MR) is 80.4 cm³/mol. The van der Waals surface area contributed by atoms with Crippen molar-refractivity contribution in [1.29, 1.82) is 0 Å². The van der Waals surface area contributed by atoms with Gasteiger partial charge in [0.25, 0.3) is 5.91 Å². The summed E-state index contributed by atoms with van der Waals surface area (Å²) in [5, 5.41) is 0. The number of aromatic nitrogens is 2. The molecule has 0 aromatic carbocycles. The van der Waals surface area contributed by atoms with Crippen LogP contribution in [-0.2, 0) is 16.4 Å². The van der Waals surface area contributed by atoms with Gasteiger partial charge in [0.1, 0.15) is 0 Å². The van der Waals surface area contributed by atoms with Gasteiger partial charge in [-0.15, -0.1) is 0 Å². The highest BCUT2D eigenvalue weighted by molar-refractivity contribution is 7.91. The quantitative estimate of drug-likeness (QED) is 0.774. The minimum absolute atomic E-state index is 0.0686. The zero-order valence-corrected chi connectivity index (χ0v) is 13.0. The van der Waals surface area contributed by atoms with Crippen LogP contribution in [0, 0.1) is 0 Å². The summed E-state index contributed by atoms with van der Waals surface area (Å²) in [5.41, 5.74) is 1.25. The number of fused-ring (bicyclic) bond motifs is 1. The molecule has 2 saturated heterocycles. The van der Waals surface area contributed by atoms with E-state index in [0.29, 0.717) is 24.5 Å². The summed E-state index contributed by atoms with van der Waals surface area (Å²) in [6, 6.07) is -0.220. The minimum Gasteiger partial charge on any atom is -0.341 e. The number of rotatable bonds is 2. The molecular formula is C14H18N4O3S. The molecule has 0 saturated carbocycles. The maximum atomic E-state index is 12.5. The van der Waals surface area contributed by atoms with Crippen LogP contribution in [0.3, 0.4) is 0 Å². The van der Waals surface area contributed by atoms with Crippen molar-refractivity contribution in [2.75, 3.05) is 29.5 Å². The van der Waals surface area contributed by atoms with Gasteiger partial charge in [0.15, 0.2) is 9.84 Å². The van der Waals surface area contributed by atoms with Gasteiger partial charge in [0.05, 0.1) is 29.3 Å². The summed E-state index contributed by atoms with van der Waals surface area (Å²) in [4.78, 5) is 25.1. The Kier molecular flexibility index (Phi) is 3.11. The van der Waals surface area contributed by atoms with Gasteiger partial charge in [0, 0.05) is 25.3 Å². The van der Waals surface area contributed by atoms with E-state index < -0.39 is 9.84 Å². The highest BCUT2D eigenvalue weighted by Gasteiger charge is 2.40. The number of hydrogen-bond donors (Lipinski definition) is 0. The lowest BCUT2D eigenvalue weighted by Crippen LogP contribution is -2.36. The molecule has 1 aromatic heterocycles. The minimum atomic E-state index is -3.00. The monoisotopic (exact) mass is 322 g/mol. The van der Waals surface area contributed by atoms with E-state index in [1.54, 1.807) is 11.1 Å². The van der Waals surface area contributed by atoms with E-state index in [2.05, 4.69) is 14.9 Å². The van der Waals surface area contributed by atoms with E-state index in [-0.39, 0.29) is 23.5 Å². The molecule has 0 N–H and O–H groups in total. The summed E-state index contributed by atoms with van der Waals surface area (Å²) in [6.45, 7) is 2.31. The summed E-state index contributed by atoms with van der Waals surface area (Å²) in [5.74, 6) is 0.789. The molecule has 3 aliphatic rings. The second kappa shape index (κ2) is 4.91. The summed E-state index contributed by atoms with van der Waals surface area (Å²) in [7, 11) is -3.00. The number of amides is 1. The number of carbonyl (C=O) groups excluding carboxylic acids is 1. The van der Waals surface area contributed by atoms with Gasteiger partial charge >= 0.3 is 0 Å². The van der Waals surface area contributed by atoms with Crippen LogP contribution >= 0.6 is 0 Å². The first-order valence-electron chi connectivity index (χ1n) is 7.66. The largest absolute Gasteiger partial charge is 0.341 e. The molecule has 0 bridgehead atoms. The molecule has 0 radical (unpaired) electrons. The summed E-state index contributed by atoms with van der Waals surface area (Å²) < 4.78 is 23.3. The van der Waals surface area contributed by atoms with E-state index in [9.17, 15) is 13.2 Å². The molecule has 1 aromatic rings. The first kappa shape index (κ1) is 13.9. The lowest BCUT2D eigenvalue weighted by Gasteiger charge is -2.21. The zero-order valence-electron chi connectivity index (χ0n) is 12.2. The molecule has 4 heterocycles. The van der Waals surface area contributed by atoms with E-state index in [4.69, 9.17) is 0 Å². The van der Waals surface area contributed by atoms with Crippen molar-refractivity contribution in [2.24, 2.45) is 0 Å². The third-order valence-electron chi connectivity index (χ3n) is 4.70. The van der Waals surface area contributed by atoms with Gasteiger partial charge in [-0.1, -0.05) is 0 Å². The molecule has 0 unspecified atom stereocenters. The Hall–Kier alpha value is -1.70. The van der Waals surface area contributed by atoms with Gasteiger partial charge in [-0.05, 0) is 19.3 Å². The zero-order chi connectivity index (χ0) is 15.3. The third kappa shape index (κ3) is 2.25. The van der Waals surface area contributed by atoms with Crippen molar-refractivity contribution in [1.82, 2.24) is 14.9 Å². The van der Waals surface area contributed by atoms with Gasteiger partial charge in [0.2, 0.25) is 5.95 Å². The molecule has 3 aliphatic heterocycles. The van der Waals surface area contributed by atoms with Gasteiger partial charge in [-0.3, -0.25) is 4.79 Å². The number of carbonyl (C=O) groups is 1. The number of sulfone groups is 1. The van der Waals surface area contributed by atoms with Gasteiger partial charge in [-0.25, -0.2) is 18.4 Å². The predicted octanol–water partition coefficient (Wildman–Crippen LogP) is 0.220. The van der Waals surface area contributed by atoms with Crippen LogP contribution in [0.25, 0.3) is 0 Å². The first-order chi connectivity index (χ1) is 10.5. The Balaban J connectivity index is 1.58. The van der Waals surface area contributed by atoms with Crippen molar-refractivity contribution in [3.63, 3.8) is 0 Å². The first-order valence-corrected chi connectivity index (χ1v) is 9.48. The summed E-state index contributed by atoms with van der Waals surface area (Å²) in [6.07, 6.45) is 4.41. The Morgan fingerprint density at radius 3 is 2.68 bits per heavy atom. The summed E-state index contributed by atoms with van der Waals surface area (Å²) >= 11 is 0. The normalized spacial score (nSPS) is 26.7. The van der Waals surface area contributed by atoms with E-state index in [0.717, 1.165) is 31.6 Å². The van der Waals surface area contributed by atoms with Crippen LogP contribution in [0.5, 0.6) is 0 Å². The van der Waals surface area contributed by atoms with Crippen molar-refractivity contribution >= 4 is 21.7 Å². The highest BCUT2D eigenvalue weighted by atomic mass is 32.2. The molecule has 0 spiro atoms. The molecule has 0 aliphatic carbocycles. The SMILES string of the molecule is O=C1c2cnc(N3CCCC3)nc2CN1[C@@H]1CCS(=O)(=O)C1. The van der Waals surface area contributed by atoms with Crippen LogP contribution in [0.15, 0.2) is 6.20 Å². The maximum absolute atomic E-state index is 12.5. The van der Waals surface area contributed by atoms with Crippen LogP contribution < -0.4 is 4.90 Å². The van der Waals surface area contributed by atoms with E-state index in [1.165, 1.54) is 0 Å². The standard InChI is InChI=1S/C14H18N4O3S/c19-13-11-7-15-14(17-4-1-2-5-17)16-12(11)8-18(13)10-3-6-22(20,21)9-10/h7,10H,1-6,8-9H2/t10-/m1/s1. The molecule has 22 heavy (non-hydrogen) atoms. The van der Waals surface area contributed by atoms with Crippen LogP contribution in [0.2, 0.25) is 0 Å². The Morgan fingerprint density at radius 2 is 2.00 bits per heavy atom.